The lowest BCUT2D eigenvalue weighted by atomic mass is 10.0. The van der Waals surface area contributed by atoms with Gasteiger partial charge < -0.3 is 0 Å². The first-order valence-electron chi connectivity index (χ1n) is 10.7. The van der Waals surface area contributed by atoms with E-state index in [1.54, 1.807) is 0 Å². The number of nitrogens with one attached hydrogen (secondary N) is 1. The van der Waals surface area contributed by atoms with Gasteiger partial charge in [0.25, 0.3) is 0 Å². The Labute approximate surface area is 150 Å². The molecule has 4 heteroatoms. The average Bonchev–Trinajstić information content (AvgIpc) is 3.13. The predicted molar refractivity (Wildman–Crippen MR) is 104 cm³/mol. The molecule has 0 fully saturated rings. The van der Waals surface area contributed by atoms with Crippen LogP contribution in [0.2, 0.25) is 0 Å². The van der Waals surface area contributed by atoms with Crippen LogP contribution in [0.15, 0.2) is 10.3 Å². The maximum Gasteiger partial charge on any atom is 0.133 e. The quantitative estimate of drug-likeness (QED) is 0.297. The van der Waals surface area contributed by atoms with Crippen molar-refractivity contribution >= 4 is 0 Å². The van der Waals surface area contributed by atoms with E-state index in [-0.39, 0.29) is 0 Å². The van der Waals surface area contributed by atoms with Crippen LogP contribution >= 0.6 is 0 Å². The highest BCUT2D eigenvalue weighted by atomic mass is 15.8. The minimum absolute atomic E-state index is 0.543. The Morgan fingerprint density at radius 2 is 1.21 bits per heavy atom. The van der Waals surface area contributed by atoms with Crippen LogP contribution in [0.4, 0.5) is 0 Å². The molecule has 0 amide bonds. The van der Waals surface area contributed by atoms with E-state index < -0.39 is 0 Å². The molecule has 0 aromatic rings. The van der Waals surface area contributed by atoms with Gasteiger partial charge in [-0.05, 0) is 13.3 Å². The first-order chi connectivity index (χ1) is 11.8. The number of unbranched alkanes of at least 4 members (excludes halogenated alkanes) is 14. The molecular weight excluding hydrogens is 296 g/mol. The Hall–Kier alpha value is -0.640. The van der Waals surface area contributed by atoms with Crippen LogP contribution in [-0.4, -0.2) is 17.7 Å². The Morgan fingerprint density at radius 1 is 0.750 bits per heavy atom. The zero-order valence-electron chi connectivity index (χ0n) is 16.4. The van der Waals surface area contributed by atoms with Gasteiger partial charge in [-0.3, -0.25) is 0 Å². The first kappa shape index (κ1) is 21.4. The second-order valence-corrected chi connectivity index (χ2v) is 7.54. The topological polar surface area (TPSA) is 40.0 Å². The lowest BCUT2D eigenvalue weighted by molar-refractivity contribution is 0.163. The highest BCUT2D eigenvalue weighted by Gasteiger charge is 2.15. The van der Waals surface area contributed by atoms with E-state index in [1.165, 1.54) is 103 Å². The van der Waals surface area contributed by atoms with Gasteiger partial charge >= 0.3 is 0 Å². The van der Waals surface area contributed by atoms with Gasteiger partial charge in [-0.25, -0.2) is 5.53 Å². The summed E-state index contributed by atoms with van der Waals surface area (Å²) in [4.78, 5) is 0. The van der Waals surface area contributed by atoms with Crippen LogP contribution in [0.25, 0.3) is 0 Å². The van der Waals surface area contributed by atoms with Crippen molar-refractivity contribution in [3.05, 3.63) is 0 Å². The largest absolute Gasteiger partial charge is 0.220 e. The highest BCUT2D eigenvalue weighted by molar-refractivity contribution is 4.63. The molecule has 1 N–H and O–H groups in total. The summed E-state index contributed by atoms with van der Waals surface area (Å²) >= 11 is 0. The Kier molecular flexibility index (Phi) is 14.1. The van der Waals surface area contributed by atoms with Gasteiger partial charge in [0, 0.05) is 6.04 Å². The molecule has 1 rings (SSSR count). The summed E-state index contributed by atoms with van der Waals surface area (Å²) in [7, 11) is 0. The molecular formula is C20H42N4. The Bertz CT molecular complexity index is 285. The van der Waals surface area contributed by atoms with E-state index in [1.807, 2.05) is 0 Å². The fraction of sp³-hybridized carbons (Fsp3) is 1.00. The van der Waals surface area contributed by atoms with Gasteiger partial charge in [0.15, 0.2) is 0 Å². The summed E-state index contributed by atoms with van der Waals surface area (Å²) < 4.78 is 0. The molecule has 0 aromatic carbocycles. The Morgan fingerprint density at radius 3 is 1.62 bits per heavy atom. The summed E-state index contributed by atoms with van der Waals surface area (Å²) in [5.41, 5.74) is 2.95. The van der Waals surface area contributed by atoms with Crippen molar-refractivity contribution < 1.29 is 0 Å². The number of nitrogens with zero attached hydrogens (tertiary/aromatic N) is 3. The first-order valence-corrected chi connectivity index (χ1v) is 10.7. The molecule has 4 nitrogen and oxygen atoms in total. The van der Waals surface area contributed by atoms with E-state index in [0.29, 0.717) is 12.7 Å². The second kappa shape index (κ2) is 15.9. The molecule has 24 heavy (non-hydrogen) atoms. The van der Waals surface area contributed by atoms with Crippen molar-refractivity contribution in [2.75, 3.05) is 6.67 Å². The van der Waals surface area contributed by atoms with Crippen LogP contribution in [0, 0.1) is 0 Å². The summed E-state index contributed by atoms with van der Waals surface area (Å²) in [6.07, 6.45) is 22.7. The fourth-order valence-electron chi connectivity index (χ4n) is 3.43. The highest BCUT2D eigenvalue weighted by Crippen LogP contribution is 2.15. The lowest BCUT2D eigenvalue weighted by Gasteiger charge is -2.20. The van der Waals surface area contributed by atoms with Crippen molar-refractivity contribution in [3.8, 4) is 0 Å². The third-order valence-electron chi connectivity index (χ3n) is 5.22. The molecule has 0 aromatic heterocycles. The van der Waals surface area contributed by atoms with E-state index in [2.05, 4.69) is 34.7 Å². The molecule has 0 aliphatic carbocycles. The molecule has 1 unspecified atom stereocenters. The van der Waals surface area contributed by atoms with Crippen LogP contribution in [0.5, 0.6) is 0 Å². The zero-order chi connectivity index (χ0) is 17.3. The maximum atomic E-state index is 3.95. The third-order valence-corrected chi connectivity index (χ3v) is 5.22. The predicted octanol–water partition coefficient (Wildman–Crippen LogP) is 6.78. The van der Waals surface area contributed by atoms with Crippen LogP contribution < -0.4 is 5.53 Å². The normalized spacial score (nSPS) is 15.8. The van der Waals surface area contributed by atoms with E-state index in [0.717, 1.165) is 0 Å². The fourth-order valence-corrected chi connectivity index (χ4v) is 3.43. The summed E-state index contributed by atoms with van der Waals surface area (Å²) in [6.45, 7) is 5.26. The molecule has 142 valence electrons. The minimum Gasteiger partial charge on any atom is -0.220 e. The zero-order valence-corrected chi connectivity index (χ0v) is 16.4. The molecule has 0 saturated carbocycles. The molecule has 0 saturated heterocycles. The van der Waals surface area contributed by atoms with Gasteiger partial charge in [0.05, 0.1) is 0 Å². The second-order valence-electron chi connectivity index (χ2n) is 7.54. The number of hydrogen-bond acceptors (Lipinski definition) is 4. The smallest absolute Gasteiger partial charge is 0.133 e. The molecule has 1 heterocycles. The van der Waals surface area contributed by atoms with Crippen molar-refractivity contribution in [2.45, 2.75) is 123 Å². The SMILES string of the molecule is CCCCCCCCCCCCCCCCCC(C)N1CN=NN1. The molecule has 0 radical (unpaired) electrons. The van der Waals surface area contributed by atoms with Gasteiger partial charge in [0.1, 0.15) is 6.67 Å². The van der Waals surface area contributed by atoms with E-state index in [4.69, 9.17) is 0 Å². The van der Waals surface area contributed by atoms with Crippen molar-refractivity contribution in [3.63, 3.8) is 0 Å². The third kappa shape index (κ3) is 11.8. The molecule has 0 bridgehead atoms. The standard InChI is InChI=1S/C20H42N4/c1-3-4-5-6-7-8-9-10-11-12-13-14-15-16-17-18-20(2)24-19-21-22-23-24/h20H,3-19H2,1-2H3,(H,21,23). The van der Waals surface area contributed by atoms with Crippen molar-refractivity contribution in [2.24, 2.45) is 10.3 Å². The molecule has 0 spiro atoms. The number of hydrogen-bond donors (Lipinski definition) is 1. The average molecular weight is 339 g/mol. The number of hydrazine groups is 1. The lowest BCUT2D eigenvalue weighted by Crippen LogP contribution is -2.37. The van der Waals surface area contributed by atoms with Crippen LogP contribution in [0.1, 0.15) is 117 Å². The minimum atomic E-state index is 0.543. The van der Waals surface area contributed by atoms with Crippen molar-refractivity contribution in [1.82, 2.24) is 10.5 Å². The van der Waals surface area contributed by atoms with Gasteiger partial charge in [-0.1, -0.05) is 108 Å². The van der Waals surface area contributed by atoms with Gasteiger partial charge in [0.2, 0.25) is 0 Å². The van der Waals surface area contributed by atoms with E-state index >= 15 is 0 Å². The molecule has 1 aliphatic heterocycles. The summed E-state index contributed by atoms with van der Waals surface area (Å²) in [5, 5.41) is 9.87. The number of rotatable bonds is 17. The molecule has 1 atom stereocenters. The van der Waals surface area contributed by atoms with Crippen molar-refractivity contribution in [1.29, 1.82) is 0 Å². The monoisotopic (exact) mass is 338 g/mol. The van der Waals surface area contributed by atoms with Gasteiger partial charge in [-0.2, -0.15) is 10.1 Å². The summed E-state index contributed by atoms with van der Waals surface area (Å²) in [6, 6.07) is 0.543. The van der Waals surface area contributed by atoms with Gasteiger partial charge in [-0.15, -0.1) is 0 Å². The maximum absolute atomic E-state index is 3.95. The van der Waals surface area contributed by atoms with Crippen LogP contribution in [0.3, 0.4) is 0 Å². The van der Waals surface area contributed by atoms with E-state index in [9.17, 15) is 0 Å². The Balaban J connectivity index is 1.70. The molecule has 1 aliphatic rings. The van der Waals surface area contributed by atoms with Crippen LogP contribution in [-0.2, 0) is 0 Å². The summed E-state index contributed by atoms with van der Waals surface area (Å²) in [5.74, 6) is 0.